The van der Waals surface area contributed by atoms with Gasteiger partial charge in [0.2, 0.25) is 0 Å². The summed E-state index contributed by atoms with van der Waals surface area (Å²) >= 11 is 0. The molecule has 0 aromatic carbocycles. The second kappa shape index (κ2) is 7.77. The van der Waals surface area contributed by atoms with Gasteiger partial charge < -0.3 is 21.3 Å². The van der Waals surface area contributed by atoms with Crippen molar-refractivity contribution in [3.63, 3.8) is 0 Å². The van der Waals surface area contributed by atoms with Crippen molar-refractivity contribution in [2.75, 3.05) is 6.54 Å². The standard InChI is InChI=1S/C9H16N2O5/c10-5-1-2-7(12)16-8(13)4-3-6(11)9(14)15/h6H,1-5,10-11H2,(H,14,15). The van der Waals surface area contributed by atoms with Crippen molar-refractivity contribution in [1.82, 2.24) is 0 Å². The molecule has 0 aliphatic rings. The number of carboxylic acids is 1. The van der Waals surface area contributed by atoms with Crippen LogP contribution in [-0.4, -0.2) is 35.6 Å². The molecule has 0 bridgehead atoms. The van der Waals surface area contributed by atoms with Crippen LogP contribution in [0.25, 0.3) is 0 Å². The van der Waals surface area contributed by atoms with Crippen LogP contribution in [0.5, 0.6) is 0 Å². The van der Waals surface area contributed by atoms with E-state index < -0.39 is 23.9 Å². The molecule has 92 valence electrons. The summed E-state index contributed by atoms with van der Waals surface area (Å²) in [6, 6.07) is -1.12. The minimum atomic E-state index is -1.19. The SMILES string of the molecule is NCCCC(=O)OC(=O)CCC(N)C(=O)O. The number of hydrogen-bond donors (Lipinski definition) is 3. The van der Waals surface area contributed by atoms with E-state index in [-0.39, 0.29) is 19.3 Å². The molecule has 0 fully saturated rings. The third-order valence-electron chi connectivity index (χ3n) is 1.79. The van der Waals surface area contributed by atoms with Gasteiger partial charge in [-0.25, -0.2) is 0 Å². The summed E-state index contributed by atoms with van der Waals surface area (Å²) in [4.78, 5) is 32.3. The minimum absolute atomic E-state index is 0.0572. The predicted octanol–water partition coefficient (Wildman–Crippen LogP) is -1.01. The Bertz CT molecular complexity index is 267. The van der Waals surface area contributed by atoms with E-state index in [0.29, 0.717) is 13.0 Å². The van der Waals surface area contributed by atoms with E-state index in [0.717, 1.165) is 0 Å². The molecule has 1 unspecified atom stereocenters. The Hall–Kier alpha value is -1.47. The number of carboxylic acid groups (broad SMARTS) is 1. The average molecular weight is 232 g/mol. The maximum atomic E-state index is 11.0. The summed E-state index contributed by atoms with van der Waals surface area (Å²) in [6.07, 6.45) is 0.272. The summed E-state index contributed by atoms with van der Waals surface area (Å²) in [6.45, 7) is 0.340. The molecule has 0 radical (unpaired) electrons. The topological polar surface area (TPSA) is 133 Å². The van der Waals surface area contributed by atoms with Crippen LogP contribution in [0.15, 0.2) is 0 Å². The van der Waals surface area contributed by atoms with E-state index in [1.807, 2.05) is 0 Å². The molecule has 0 rings (SSSR count). The number of aliphatic carboxylic acids is 1. The molecule has 5 N–H and O–H groups in total. The number of carbonyl (C=O) groups excluding carboxylic acids is 2. The zero-order valence-corrected chi connectivity index (χ0v) is 8.85. The van der Waals surface area contributed by atoms with Gasteiger partial charge in [-0.2, -0.15) is 0 Å². The lowest BCUT2D eigenvalue weighted by Gasteiger charge is -2.05. The molecule has 16 heavy (non-hydrogen) atoms. The van der Waals surface area contributed by atoms with Crippen LogP contribution in [-0.2, 0) is 19.1 Å². The van der Waals surface area contributed by atoms with Gasteiger partial charge in [0.25, 0.3) is 0 Å². The molecule has 0 saturated heterocycles. The first kappa shape index (κ1) is 14.5. The van der Waals surface area contributed by atoms with Gasteiger partial charge in [-0.1, -0.05) is 0 Å². The molecule has 1 atom stereocenters. The van der Waals surface area contributed by atoms with Gasteiger partial charge in [-0.05, 0) is 19.4 Å². The van der Waals surface area contributed by atoms with E-state index in [2.05, 4.69) is 4.74 Å². The smallest absolute Gasteiger partial charge is 0.320 e. The van der Waals surface area contributed by atoms with Crippen molar-refractivity contribution in [3.05, 3.63) is 0 Å². The van der Waals surface area contributed by atoms with Crippen molar-refractivity contribution in [2.24, 2.45) is 11.5 Å². The summed E-state index contributed by atoms with van der Waals surface area (Å²) < 4.78 is 4.40. The van der Waals surface area contributed by atoms with Gasteiger partial charge in [-0.15, -0.1) is 0 Å². The van der Waals surface area contributed by atoms with Gasteiger partial charge in [0.15, 0.2) is 0 Å². The number of esters is 2. The molecule has 0 aliphatic carbocycles. The van der Waals surface area contributed by atoms with Crippen LogP contribution in [0, 0.1) is 0 Å². The number of ether oxygens (including phenoxy) is 1. The summed E-state index contributed by atoms with van der Waals surface area (Å²) in [5, 5.41) is 8.43. The molecule has 0 amide bonds. The molecular formula is C9H16N2O5. The highest BCUT2D eigenvalue weighted by molar-refractivity contribution is 5.85. The highest BCUT2D eigenvalue weighted by Gasteiger charge is 2.15. The van der Waals surface area contributed by atoms with Crippen molar-refractivity contribution in [2.45, 2.75) is 31.7 Å². The lowest BCUT2D eigenvalue weighted by Crippen LogP contribution is -2.31. The molecule has 7 nitrogen and oxygen atoms in total. The van der Waals surface area contributed by atoms with E-state index in [9.17, 15) is 14.4 Å². The first-order valence-corrected chi connectivity index (χ1v) is 4.89. The minimum Gasteiger partial charge on any atom is -0.480 e. The van der Waals surface area contributed by atoms with Crippen LogP contribution >= 0.6 is 0 Å². The Morgan fingerprint density at radius 2 is 1.75 bits per heavy atom. The Kier molecular flexibility index (Phi) is 7.06. The maximum Gasteiger partial charge on any atom is 0.320 e. The highest BCUT2D eigenvalue weighted by atomic mass is 16.6. The van der Waals surface area contributed by atoms with E-state index >= 15 is 0 Å². The maximum absolute atomic E-state index is 11.0. The zero-order valence-electron chi connectivity index (χ0n) is 8.85. The molecule has 7 heteroatoms. The number of hydrogen-bond acceptors (Lipinski definition) is 6. The third-order valence-corrected chi connectivity index (χ3v) is 1.79. The molecule has 0 heterocycles. The molecule has 0 saturated carbocycles. The summed E-state index contributed by atoms with van der Waals surface area (Å²) in [7, 11) is 0. The van der Waals surface area contributed by atoms with E-state index in [1.54, 1.807) is 0 Å². The van der Waals surface area contributed by atoms with Crippen molar-refractivity contribution in [1.29, 1.82) is 0 Å². The van der Waals surface area contributed by atoms with Crippen molar-refractivity contribution in [3.8, 4) is 0 Å². The Balaban J connectivity index is 3.74. The van der Waals surface area contributed by atoms with Gasteiger partial charge in [0.1, 0.15) is 6.04 Å². The quantitative estimate of drug-likeness (QED) is 0.378. The molecule has 0 aromatic heterocycles. The largest absolute Gasteiger partial charge is 0.480 e. The van der Waals surface area contributed by atoms with Crippen molar-refractivity contribution >= 4 is 17.9 Å². The van der Waals surface area contributed by atoms with Gasteiger partial charge >= 0.3 is 17.9 Å². The fraction of sp³-hybridized carbons (Fsp3) is 0.667. The zero-order chi connectivity index (χ0) is 12.6. The first-order chi connectivity index (χ1) is 7.47. The fourth-order valence-electron chi connectivity index (χ4n) is 0.872. The lowest BCUT2D eigenvalue weighted by atomic mass is 10.2. The van der Waals surface area contributed by atoms with Crippen molar-refractivity contribution < 1.29 is 24.2 Å². The summed E-state index contributed by atoms with van der Waals surface area (Å²) in [5.41, 5.74) is 10.3. The summed E-state index contributed by atoms with van der Waals surface area (Å²) in [5.74, 6) is -2.61. The fourth-order valence-corrected chi connectivity index (χ4v) is 0.872. The highest BCUT2D eigenvalue weighted by Crippen LogP contribution is 1.99. The van der Waals surface area contributed by atoms with E-state index in [1.165, 1.54) is 0 Å². The number of carbonyl (C=O) groups is 3. The first-order valence-electron chi connectivity index (χ1n) is 4.89. The normalized spacial score (nSPS) is 11.9. The van der Waals surface area contributed by atoms with Crippen LogP contribution in [0.3, 0.4) is 0 Å². The Morgan fingerprint density at radius 3 is 2.25 bits per heavy atom. The van der Waals surface area contributed by atoms with Gasteiger partial charge in [0.05, 0.1) is 0 Å². The monoisotopic (exact) mass is 232 g/mol. The van der Waals surface area contributed by atoms with Crippen LogP contribution in [0.1, 0.15) is 25.7 Å². The average Bonchev–Trinajstić information content (AvgIpc) is 2.22. The van der Waals surface area contributed by atoms with E-state index in [4.69, 9.17) is 16.6 Å². The third kappa shape index (κ3) is 6.91. The second-order valence-electron chi connectivity index (χ2n) is 3.22. The van der Waals surface area contributed by atoms with Crippen LogP contribution in [0.2, 0.25) is 0 Å². The second-order valence-corrected chi connectivity index (χ2v) is 3.22. The Labute approximate surface area is 92.7 Å². The van der Waals surface area contributed by atoms with Gasteiger partial charge in [-0.3, -0.25) is 14.4 Å². The molecule has 0 aliphatic heterocycles. The predicted molar refractivity (Wildman–Crippen MR) is 54.2 cm³/mol. The Morgan fingerprint density at radius 1 is 1.19 bits per heavy atom. The van der Waals surface area contributed by atoms with Gasteiger partial charge in [0, 0.05) is 12.8 Å². The molecular weight excluding hydrogens is 216 g/mol. The molecule has 0 aromatic rings. The van der Waals surface area contributed by atoms with Crippen LogP contribution in [0.4, 0.5) is 0 Å². The number of rotatable bonds is 7. The number of nitrogens with two attached hydrogens (primary N) is 2. The molecule has 0 spiro atoms. The lowest BCUT2D eigenvalue weighted by molar-refractivity contribution is -0.159. The van der Waals surface area contributed by atoms with Crippen LogP contribution < -0.4 is 11.5 Å².